The molecule has 1 aromatic heterocycles. The van der Waals surface area contributed by atoms with E-state index in [-0.39, 0.29) is 6.04 Å². The first-order valence-corrected chi connectivity index (χ1v) is 5.63. The van der Waals surface area contributed by atoms with E-state index in [9.17, 15) is 0 Å². The van der Waals surface area contributed by atoms with Crippen LogP contribution in [-0.4, -0.2) is 4.98 Å². The van der Waals surface area contributed by atoms with Gasteiger partial charge in [0.25, 0.3) is 0 Å². The van der Waals surface area contributed by atoms with Crippen LogP contribution in [0.5, 0.6) is 5.75 Å². The fraction of sp³-hybridized carbons (Fsp3) is 0.214. The van der Waals surface area contributed by atoms with Gasteiger partial charge in [0.15, 0.2) is 0 Å². The number of hydrogen-bond donors (Lipinski definition) is 1. The lowest BCUT2D eigenvalue weighted by Crippen LogP contribution is -2.04. The highest BCUT2D eigenvalue weighted by Crippen LogP contribution is 2.17. The molecule has 0 unspecified atom stereocenters. The van der Waals surface area contributed by atoms with E-state index in [4.69, 9.17) is 10.5 Å². The van der Waals surface area contributed by atoms with Crippen LogP contribution in [-0.2, 0) is 6.61 Å². The van der Waals surface area contributed by atoms with Crippen LogP contribution in [0.4, 0.5) is 0 Å². The van der Waals surface area contributed by atoms with Crippen molar-refractivity contribution in [1.82, 2.24) is 4.98 Å². The summed E-state index contributed by atoms with van der Waals surface area (Å²) in [6, 6.07) is 11.8. The number of hydrogen-bond acceptors (Lipinski definition) is 3. The quantitative estimate of drug-likeness (QED) is 0.875. The standard InChI is InChI=1S/C14H16N2O/c1-11(15)13-2-4-14(5-3-13)17-10-12-6-8-16-9-7-12/h2-9,11H,10,15H2,1H3/t11-/m0/s1. The van der Waals surface area contributed by atoms with Crippen LogP contribution in [0, 0.1) is 0 Å². The second kappa shape index (κ2) is 5.46. The van der Waals surface area contributed by atoms with Crippen LogP contribution in [0.1, 0.15) is 24.1 Å². The Kier molecular flexibility index (Phi) is 3.73. The van der Waals surface area contributed by atoms with Gasteiger partial charge in [0, 0.05) is 18.4 Å². The number of nitrogens with zero attached hydrogens (tertiary/aromatic N) is 1. The monoisotopic (exact) mass is 228 g/mol. The van der Waals surface area contributed by atoms with Crippen molar-refractivity contribution in [2.75, 3.05) is 0 Å². The Morgan fingerprint density at radius 3 is 2.35 bits per heavy atom. The Bertz CT molecular complexity index is 451. The van der Waals surface area contributed by atoms with Gasteiger partial charge in [-0.3, -0.25) is 4.98 Å². The molecule has 0 aliphatic heterocycles. The Morgan fingerprint density at radius 2 is 1.76 bits per heavy atom. The van der Waals surface area contributed by atoms with Crippen LogP contribution in [0.3, 0.4) is 0 Å². The van der Waals surface area contributed by atoms with Crippen molar-refractivity contribution < 1.29 is 4.74 Å². The van der Waals surface area contributed by atoms with E-state index in [1.807, 2.05) is 43.3 Å². The highest BCUT2D eigenvalue weighted by Gasteiger charge is 2.00. The molecule has 0 aliphatic rings. The van der Waals surface area contributed by atoms with E-state index in [1.165, 1.54) is 0 Å². The third kappa shape index (κ3) is 3.29. The summed E-state index contributed by atoms with van der Waals surface area (Å²) in [4.78, 5) is 3.96. The van der Waals surface area contributed by atoms with E-state index in [1.54, 1.807) is 12.4 Å². The summed E-state index contributed by atoms with van der Waals surface area (Å²) in [5.74, 6) is 0.853. The summed E-state index contributed by atoms with van der Waals surface area (Å²) in [6.45, 7) is 2.52. The molecular weight excluding hydrogens is 212 g/mol. The van der Waals surface area contributed by atoms with Gasteiger partial charge in [-0.1, -0.05) is 12.1 Å². The largest absolute Gasteiger partial charge is 0.489 e. The molecule has 1 heterocycles. The molecule has 2 rings (SSSR count). The van der Waals surface area contributed by atoms with Gasteiger partial charge in [0.05, 0.1) is 0 Å². The maximum Gasteiger partial charge on any atom is 0.119 e. The number of aromatic nitrogens is 1. The lowest BCUT2D eigenvalue weighted by Gasteiger charge is -2.08. The Hall–Kier alpha value is -1.87. The Balaban J connectivity index is 1.96. The zero-order valence-electron chi connectivity index (χ0n) is 9.84. The molecule has 1 atom stereocenters. The Labute approximate surface area is 101 Å². The van der Waals surface area contributed by atoms with Gasteiger partial charge in [0.1, 0.15) is 12.4 Å². The number of pyridine rings is 1. The minimum absolute atomic E-state index is 0.0595. The summed E-state index contributed by atoms with van der Waals surface area (Å²) in [7, 11) is 0. The van der Waals surface area contributed by atoms with Crippen LogP contribution in [0.2, 0.25) is 0 Å². The fourth-order valence-corrected chi connectivity index (χ4v) is 1.51. The first-order chi connectivity index (χ1) is 8.25. The average Bonchev–Trinajstić information content (AvgIpc) is 2.38. The lowest BCUT2D eigenvalue weighted by molar-refractivity contribution is 0.306. The molecule has 1 aromatic carbocycles. The van der Waals surface area contributed by atoms with E-state index in [0.29, 0.717) is 6.61 Å². The molecule has 0 saturated carbocycles. The van der Waals surface area contributed by atoms with Gasteiger partial charge < -0.3 is 10.5 Å². The number of benzene rings is 1. The third-order valence-corrected chi connectivity index (χ3v) is 2.56. The smallest absolute Gasteiger partial charge is 0.119 e. The van der Waals surface area contributed by atoms with Gasteiger partial charge >= 0.3 is 0 Å². The van der Waals surface area contributed by atoms with Gasteiger partial charge in [-0.25, -0.2) is 0 Å². The normalized spacial score (nSPS) is 12.1. The molecule has 3 nitrogen and oxygen atoms in total. The van der Waals surface area contributed by atoms with Crippen LogP contribution in [0.25, 0.3) is 0 Å². The molecule has 0 amide bonds. The van der Waals surface area contributed by atoms with E-state index in [0.717, 1.165) is 16.9 Å². The zero-order valence-corrected chi connectivity index (χ0v) is 9.84. The maximum absolute atomic E-state index is 5.78. The molecule has 0 bridgehead atoms. The SMILES string of the molecule is C[C@H](N)c1ccc(OCc2ccncc2)cc1. The van der Waals surface area contributed by atoms with Gasteiger partial charge in [-0.2, -0.15) is 0 Å². The van der Waals surface area contributed by atoms with Crippen molar-refractivity contribution in [2.45, 2.75) is 19.6 Å². The topological polar surface area (TPSA) is 48.1 Å². The molecule has 0 fully saturated rings. The molecule has 17 heavy (non-hydrogen) atoms. The van der Waals surface area contributed by atoms with Gasteiger partial charge in [-0.15, -0.1) is 0 Å². The first-order valence-electron chi connectivity index (χ1n) is 5.63. The highest BCUT2D eigenvalue weighted by molar-refractivity contribution is 5.29. The number of ether oxygens (including phenoxy) is 1. The molecule has 0 saturated heterocycles. The number of rotatable bonds is 4. The van der Waals surface area contributed by atoms with Crippen molar-refractivity contribution in [2.24, 2.45) is 5.73 Å². The highest BCUT2D eigenvalue weighted by atomic mass is 16.5. The van der Waals surface area contributed by atoms with Crippen LogP contribution in [0.15, 0.2) is 48.8 Å². The molecule has 0 aliphatic carbocycles. The first kappa shape index (κ1) is 11.6. The van der Waals surface area contributed by atoms with E-state index >= 15 is 0 Å². The predicted octanol–water partition coefficient (Wildman–Crippen LogP) is 2.68. The predicted molar refractivity (Wildman–Crippen MR) is 67.6 cm³/mol. The van der Waals surface area contributed by atoms with E-state index < -0.39 is 0 Å². The van der Waals surface area contributed by atoms with Crippen LogP contribution < -0.4 is 10.5 Å². The van der Waals surface area contributed by atoms with Crippen molar-refractivity contribution in [3.8, 4) is 5.75 Å². The zero-order chi connectivity index (χ0) is 12.1. The molecular formula is C14H16N2O. The van der Waals surface area contributed by atoms with Crippen molar-refractivity contribution in [3.05, 3.63) is 59.9 Å². The molecule has 0 spiro atoms. The average molecular weight is 228 g/mol. The molecule has 0 radical (unpaired) electrons. The second-order valence-corrected chi connectivity index (χ2v) is 4.00. The maximum atomic E-state index is 5.78. The van der Waals surface area contributed by atoms with Crippen molar-refractivity contribution in [1.29, 1.82) is 0 Å². The molecule has 88 valence electrons. The third-order valence-electron chi connectivity index (χ3n) is 2.56. The second-order valence-electron chi connectivity index (χ2n) is 4.00. The minimum Gasteiger partial charge on any atom is -0.489 e. The van der Waals surface area contributed by atoms with Gasteiger partial charge in [0.2, 0.25) is 0 Å². The lowest BCUT2D eigenvalue weighted by atomic mass is 10.1. The summed E-state index contributed by atoms with van der Waals surface area (Å²) in [6.07, 6.45) is 3.52. The van der Waals surface area contributed by atoms with Crippen molar-refractivity contribution in [3.63, 3.8) is 0 Å². The van der Waals surface area contributed by atoms with Crippen LogP contribution >= 0.6 is 0 Å². The summed E-state index contributed by atoms with van der Waals surface area (Å²) in [5, 5.41) is 0. The van der Waals surface area contributed by atoms with Crippen molar-refractivity contribution >= 4 is 0 Å². The Morgan fingerprint density at radius 1 is 1.12 bits per heavy atom. The molecule has 2 N–H and O–H groups in total. The summed E-state index contributed by atoms with van der Waals surface area (Å²) < 4.78 is 5.66. The number of nitrogens with two attached hydrogens (primary N) is 1. The summed E-state index contributed by atoms with van der Waals surface area (Å²) >= 11 is 0. The fourth-order valence-electron chi connectivity index (χ4n) is 1.51. The molecule has 2 aromatic rings. The molecule has 3 heteroatoms. The van der Waals surface area contributed by atoms with Gasteiger partial charge in [-0.05, 0) is 42.3 Å². The minimum atomic E-state index is 0.0595. The summed E-state index contributed by atoms with van der Waals surface area (Å²) in [5.41, 5.74) is 8.00. The van der Waals surface area contributed by atoms with E-state index in [2.05, 4.69) is 4.98 Å².